The lowest BCUT2D eigenvalue weighted by molar-refractivity contribution is 0.667. The van der Waals surface area contributed by atoms with Crippen molar-refractivity contribution in [3.63, 3.8) is 0 Å². The van der Waals surface area contributed by atoms with E-state index in [1.165, 1.54) is 20.5 Å². The van der Waals surface area contributed by atoms with Crippen molar-refractivity contribution in [1.82, 2.24) is 0 Å². The summed E-state index contributed by atoms with van der Waals surface area (Å²) >= 11 is 1.81. The average molecular weight is 698 g/mol. The molecule has 12 aromatic rings. The van der Waals surface area contributed by atoms with Crippen LogP contribution in [0.15, 0.2) is 177 Å². The van der Waals surface area contributed by atoms with Crippen molar-refractivity contribution in [3.05, 3.63) is 164 Å². The minimum absolute atomic E-state index is 0.826. The topological polar surface area (TPSA) is 42.7 Å². The van der Waals surface area contributed by atoms with Gasteiger partial charge in [-0.2, -0.15) is 0 Å². The summed E-state index contributed by atoms with van der Waals surface area (Å²) in [6.07, 6.45) is 0. The van der Waals surface area contributed by atoms with Crippen molar-refractivity contribution in [3.8, 4) is 11.1 Å². The van der Waals surface area contributed by atoms with Gasteiger partial charge in [0.05, 0.1) is 17.1 Å². The number of para-hydroxylation sites is 4. The Morgan fingerprint density at radius 3 is 1.77 bits per heavy atom. The van der Waals surface area contributed by atoms with Crippen LogP contribution in [0.4, 0.5) is 17.1 Å². The molecule has 0 saturated heterocycles. The fourth-order valence-corrected chi connectivity index (χ4v) is 9.58. The summed E-state index contributed by atoms with van der Waals surface area (Å²) in [5.74, 6) is 0. The standard InChI is InChI=1S/C48H27NO3S/c1-2-11-28(12-3-1)30-23-25-37(44-45-43(53-48(30)44)26-24-36-33-15-6-9-20-41(33)52-47(36)45)49(29-21-22-34-31-13-4-7-18-39(31)50-42(34)27-29)38-17-10-16-35-32-14-5-8-19-40(32)51-46(35)38/h1-27H. The molecule has 0 fully saturated rings. The molecule has 4 nitrogen and oxygen atoms in total. The average Bonchev–Trinajstić information content (AvgIpc) is 3.98. The van der Waals surface area contributed by atoms with Crippen molar-refractivity contribution in [1.29, 1.82) is 0 Å². The molecule has 0 amide bonds. The Hall–Kier alpha value is -6.82. The molecule has 0 radical (unpaired) electrons. The molecule has 5 heteroatoms. The number of furan rings is 3. The number of hydrogen-bond donors (Lipinski definition) is 0. The molecule has 4 aromatic heterocycles. The predicted octanol–water partition coefficient (Wildman–Crippen LogP) is 14.9. The van der Waals surface area contributed by atoms with Crippen molar-refractivity contribution in [2.75, 3.05) is 4.90 Å². The highest BCUT2D eigenvalue weighted by molar-refractivity contribution is 7.26. The largest absolute Gasteiger partial charge is 0.456 e. The quantitative estimate of drug-likeness (QED) is 0.184. The highest BCUT2D eigenvalue weighted by atomic mass is 32.1. The summed E-state index contributed by atoms with van der Waals surface area (Å²) in [4.78, 5) is 2.35. The SMILES string of the molecule is c1ccc(-c2ccc(N(c3ccc4c(c3)oc3ccccc34)c3cccc4c3oc3ccccc34)c3c2sc2ccc4c5ccccc5oc4c23)cc1. The number of anilines is 3. The smallest absolute Gasteiger partial charge is 0.159 e. The molecule has 0 bridgehead atoms. The molecular formula is C48H27NO3S. The van der Waals surface area contributed by atoms with Crippen molar-refractivity contribution in [2.45, 2.75) is 0 Å². The van der Waals surface area contributed by atoms with Crippen LogP contribution in [0, 0.1) is 0 Å². The lowest BCUT2D eigenvalue weighted by atomic mass is 9.99. The highest BCUT2D eigenvalue weighted by Gasteiger charge is 2.26. The molecule has 0 aliphatic rings. The summed E-state index contributed by atoms with van der Waals surface area (Å²) in [6, 6.07) is 57.5. The molecule has 0 atom stereocenters. The van der Waals surface area contributed by atoms with Crippen molar-refractivity contribution < 1.29 is 13.3 Å². The number of hydrogen-bond acceptors (Lipinski definition) is 5. The van der Waals surface area contributed by atoms with Gasteiger partial charge in [0.2, 0.25) is 0 Å². The van der Waals surface area contributed by atoms with E-state index < -0.39 is 0 Å². The lowest BCUT2D eigenvalue weighted by Gasteiger charge is -2.27. The van der Waals surface area contributed by atoms with Gasteiger partial charge in [-0.25, -0.2) is 0 Å². The molecule has 12 rings (SSSR count). The molecular weight excluding hydrogens is 671 g/mol. The van der Waals surface area contributed by atoms with Crippen molar-refractivity contribution >= 4 is 114 Å². The van der Waals surface area contributed by atoms with Gasteiger partial charge in [-0.3, -0.25) is 0 Å². The predicted molar refractivity (Wildman–Crippen MR) is 221 cm³/mol. The van der Waals surface area contributed by atoms with Gasteiger partial charge in [0.1, 0.15) is 27.9 Å². The molecule has 53 heavy (non-hydrogen) atoms. The number of rotatable bonds is 4. The Kier molecular flexibility index (Phi) is 5.90. The van der Waals surface area contributed by atoms with Crippen LogP contribution in [0.2, 0.25) is 0 Å². The van der Waals surface area contributed by atoms with Gasteiger partial charge in [-0.1, -0.05) is 103 Å². The lowest BCUT2D eigenvalue weighted by Crippen LogP contribution is -2.10. The monoisotopic (exact) mass is 697 g/mol. The minimum atomic E-state index is 0.826. The summed E-state index contributed by atoms with van der Waals surface area (Å²) in [5, 5.41) is 8.81. The van der Waals surface area contributed by atoms with Gasteiger partial charge in [0.25, 0.3) is 0 Å². The second-order valence-corrected chi connectivity index (χ2v) is 14.6. The van der Waals surface area contributed by atoms with Crippen LogP contribution in [0.25, 0.3) is 97.1 Å². The van der Waals surface area contributed by atoms with E-state index >= 15 is 0 Å². The normalized spacial score (nSPS) is 12.2. The van der Waals surface area contributed by atoms with E-state index in [0.29, 0.717) is 0 Å². The Labute approximate surface area is 306 Å². The fourth-order valence-electron chi connectivity index (χ4n) is 8.32. The van der Waals surface area contributed by atoms with Gasteiger partial charge in [-0.15, -0.1) is 11.3 Å². The van der Waals surface area contributed by atoms with E-state index in [4.69, 9.17) is 13.3 Å². The zero-order valence-electron chi connectivity index (χ0n) is 28.2. The van der Waals surface area contributed by atoms with Crippen LogP contribution in [-0.2, 0) is 0 Å². The first kappa shape index (κ1) is 28.8. The third kappa shape index (κ3) is 4.11. The summed E-state index contributed by atoms with van der Waals surface area (Å²) < 4.78 is 22.4. The zero-order chi connectivity index (χ0) is 34.6. The Bertz CT molecular complexity index is 3420. The highest BCUT2D eigenvalue weighted by Crippen LogP contribution is 2.52. The first-order chi connectivity index (χ1) is 26.3. The Morgan fingerprint density at radius 1 is 0.396 bits per heavy atom. The molecule has 0 aliphatic carbocycles. The first-order valence-corrected chi connectivity index (χ1v) is 18.6. The number of nitrogens with zero attached hydrogens (tertiary/aromatic N) is 1. The van der Waals surface area contributed by atoms with E-state index in [-0.39, 0.29) is 0 Å². The maximum absolute atomic E-state index is 6.78. The molecule has 0 aliphatic heterocycles. The van der Waals surface area contributed by atoms with Gasteiger partial charge in [-0.05, 0) is 65.7 Å². The number of benzene rings is 8. The summed E-state index contributed by atoms with van der Waals surface area (Å²) in [7, 11) is 0. The van der Waals surface area contributed by atoms with Crippen LogP contribution in [0.5, 0.6) is 0 Å². The van der Waals surface area contributed by atoms with Crippen LogP contribution in [0.1, 0.15) is 0 Å². The summed E-state index contributed by atoms with van der Waals surface area (Å²) in [6.45, 7) is 0. The van der Waals surface area contributed by atoms with E-state index in [0.717, 1.165) is 93.7 Å². The van der Waals surface area contributed by atoms with E-state index in [1.54, 1.807) is 0 Å². The maximum atomic E-state index is 6.78. The van der Waals surface area contributed by atoms with Crippen LogP contribution < -0.4 is 4.90 Å². The second kappa shape index (κ2) is 10.8. The van der Waals surface area contributed by atoms with Crippen molar-refractivity contribution in [2.24, 2.45) is 0 Å². The number of thiophene rings is 1. The molecule has 8 aromatic carbocycles. The van der Waals surface area contributed by atoms with Gasteiger partial charge >= 0.3 is 0 Å². The molecule has 0 unspecified atom stereocenters. The number of fused-ring (bicyclic) bond motifs is 13. The third-order valence-corrected chi connectivity index (χ3v) is 11.9. The minimum Gasteiger partial charge on any atom is -0.456 e. The summed E-state index contributed by atoms with van der Waals surface area (Å²) in [5.41, 5.74) is 10.5. The second-order valence-electron chi connectivity index (χ2n) is 13.6. The van der Waals surface area contributed by atoms with Gasteiger partial charge < -0.3 is 18.2 Å². The van der Waals surface area contributed by atoms with E-state index in [1.807, 2.05) is 41.7 Å². The van der Waals surface area contributed by atoms with Gasteiger partial charge in [0, 0.05) is 58.6 Å². The fraction of sp³-hybridized carbons (Fsp3) is 0. The van der Waals surface area contributed by atoms with E-state index in [9.17, 15) is 0 Å². The molecule has 0 N–H and O–H groups in total. The van der Waals surface area contributed by atoms with Crippen LogP contribution in [0.3, 0.4) is 0 Å². The van der Waals surface area contributed by atoms with Crippen LogP contribution in [-0.4, -0.2) is 0 Å². The Morgan fingerprint density at radius 2 is 1.00 bits per heavy atom. The molecule has 4 heterocycles. The molecule has 0 spiro atoms. The first-order valence-electron chi connectivity index (χ1n) is 17.7. The zero-order valence-corrected chi connectivity index (χ0v) is 29.0. The molecule has 248 valence electrons. The maximum Gasteiger partial charge on any atom is 0.159 e. The third-order valence-electron chi connectivity index (χ3n) is 10.7. The van der Waals surface area contributed by atoms with Gasteiger partial charge in [0.15, 0.2) is 5.58 Å². The molecule has 0 saturated carbocycles. The Balaban J connectivity index is 1.24. The van der Waals surface area contributed by atoms with Crippen LogP contribution >= 0.6 is 11.3 Å². The van der Waals surface area contributed by atoms with E-state index in [2.05, 4.69) is 138 Å².